The molecular weight excluding hydrogens is 294 g/mol. The zero-order chi connectivity index (χ0) is 16.2. The highest BCUT2D eigenvalue weighted by atomic mass is 16.2. The number of H-pyrrole nitrogens is 1. The highest BCUT2D eigenvalue weighted by molar-refractivity contribution is 5.93. The first-order valence-electron chi connectivity index (χ1n) is 7.57. The van der Waals surface area contributed by atoms with Crippen molar-refractivity contribution in [3.05, 3.63) is 47.3 Å². The number of rotatable bonds is 4. The third kappa shape index (κ3) is 3.68. The number of hydrogen-bond acceptors (Lipinski definition) is 3. The first-order valence-corrected chi connectivity index (χ1v) is 7.57. The summed E-state index contributed by atoms with van der Waals surface area (Å²) in [5.74, 6) is 0.0506. The van der Waals surface area contributed by atoms with Crippen molar-refractivity contribution in [2.24, 2.45) is 0 Å². The van der Waals surface area contributed by atoms with Gasteiger partial charge in [-0.25, -0.2) is 4.79 Å². The lowest BCUT2D eigenvalue weighted by molar-refractivity contribution is -0.116. The van der Waals surface area contributed by atoms with E-state index < -0.39 is 0 Å². The smallest absolute Gasteiger partial charge is 0.315 e. The molecule has 1 aromatic heterocycles. The number of nitrogens with zero attached hydrogens (tertiary/aromatic N) is 1. The van der Waals surface area contributed by atoms with Gasteiger partial charge in [0.2, 0.25) is 5.91 Å². The fourth-order valence-corrected chi connectivity index (χ4v) is 2.56. The van der Waals surface area contributed by atoms with Crippen molar-refractivity contribution in [3.8, 4) is 0 Å². The molecule has 0 spiro atoms. The molecule has 23 heavy (non-hydrogen) atoms. The second-order valence-electron chi connectivity index (χ2n) is 5.60. The second kappa shape index (κ2) is 6.51. The van der Waals surface area contributed by atoms with Gasteiger partial charge in [0.15, 0.2) is 0 Å². The van der Waals surface area contributed by atoms with E-state index >= 15 is 0 Å². The maximum absolute atomic E-state index is 11.9. The number of hydrogen-bond donors (Lipinski definition) is 4. The summed E-state index contributed by atoms with van der Waals surface area (Å²) in [6.45, 7) is 2.33. The lowest BCUT2D eigenvalue weighted by atomic mass is 9.98. The Morgan fingerprint density at radius 1 is 1.35 bits per heavy atom. The molecule has 7 nitrogen and oxygen atoms in total. The molecule has 1 aliphatic heterocycles. The first kappa shape index (κ1) is 15.1. The van der Waals surface area contributed by atoms with Crippen molar-refractivity contribution in [2.45, 2.75) is 32.4 Å². The highest BCUT2D eigenvalue weighted by Gasteiger charge is 2.17. The summed E-state index contributed by atoms with van der Waals surface area (Å²) < 4.78 is 0. The van der Waals surface area contributed by atoms with Crippen LogP contribution < -0.4 is 16.0 Å². The summed E-state index contributed by atoms with van der Waals surface area (Å²) in [6.07, 6.45) is 2.88. The number of amides is 3. The van der Waals surface area contributed by atoms with Gasteiger partial charge >= 0.3 is 6.03 Å². The largest absolute Gasteiger partial charge is 0.333 e. The summed E-state index contributed by atoms with van der Waals surface area (Å²) in [4.78, 5) is 23.3. The Labute approximate surface area is 133 Å². The van der Waals surface area contributed by atoms with Crippen molar-refractivity contribution in [2.75, 3.05) is 5.32 Å². The Hall–Kier alpha value is -2.83. The van der Waals surface area contributed by atoms with E-state index in [-0.39, 0.29) is 18.0 Å². The molecule has 1 aromatic carbocycles. The van der Waals surface area contributed by atoms with Crippen LogP contribution in [0.15, 0.2) is 30.5 Å². The van der Waals surface area contributed by atoms with Crippen LogP contribution in [0.2, 0.25) is 0 Å². The van der Waals surface area contributed by atoms with Crippen LogP contribution in [0.3, 0.4) is 0 Å². The average molecular weight is 313 g/mol. The summed E-state index contributed by atoms with van der Waals surface area (Å²) >= 11 is 0. The number of aryl methyl sites for hydroxylation is 1. The molecule has 0 fully saturated rings. The lowest BCUT2D eigenvalue weighted by Gasteiger charge is -2.20. The number of carbonyl (C=O) groups is 2. The minimum Gasteiger partial charge on any atom is -0.333 e. The van der Waals surface area contributed by atoms with Crippen molar-refractivity contribution in [3.63, 3.8) is 0 Å². The predicted molar refractivity (Wildman–Crippen MR) is 85.8 cm³/mol. The standard InChI is InChI=1S/C16H19N5O2/c1-10(19-16(23)17-9-13-6-7-18-21-13)11-2-4-14-12(8-11)3-5-15(22)20-14/h2,4,6-8,10H,3,5,9H2,1H3,(H,18,21)(H,20,22)(H2,17,19,23)/t10-/m0/s1. The zero-order valence-electron chi connectivity index (χ0n) is 12.8. The third-order valence-electron chi connectivity index (χ3n) is 3.87. The summed E-state index contributed by atoms with van der Waals surface area (Å²) in [6, 6.07) is 7.29. The first-order chi connectivity index (χ1) is 11.1. The Morgan fingerprint density at radius 3 is 3.00 bits per heavy atom. The van der Waals surface area contributed by atoms with Gasteiger partial charge in [-0.2, -0.15) is 5.10 Å². The fourth-order valence-electron chi connectivity index (χ4n) is 2.56. The molecule has 7 heteroatoms. The van der Waals surface area contributed by atoms with E-state index in [1.54, 1.807) is 6.20 Å². The summed E-state index contributed by atoms with van der Waals surface area (Å²) in [5.41, 5.74) is 3.82. The van der Waals surface area contributed by atoms with Crippen LogP contribution in [0.1, 0.15) is 36.2 Å². The van der Waals surface area contributed by atoms with Crippen molar-refractivity contribution in [1.82, 2.24) is 20.8 Å². The Kier molecular flexibility index (Phi) is 4.27. The SMILES string of the molecule is C[C@H](NC(=O)NCc1ccn[nH]1)c1ccc2c(c1)CCC(=O)N2. The molecule has 2 heterocycles. The van der Waals surface area contributed by atoms with Gasteiger partial charge in [-0.15, -0.1) is 0 Å². The molecule has 1 aliphatic rings. The normalized spacial score (nSPS) is 14.6. The minimum absolute atomic E-state index is 0.0506. The number of aromatic amines is 1. The van der Waals surface area contributed by atoms with Crippen LogP contribution in [-0.4, -0.2) is 22.1 Å². The molecule has 3 amide bonds. The Balaban J connectivity index is 1.58. The van der Waals surface area contributed by atoms with E-state index in [9.17, 15) is 9.59 Å². The van der Waals surface area contributed by atoms with E-state index in [0.717, 1.165) is 28.9 Å². The zero-order valence-corrected chi connectivity index (χ0v) is 12.8. The Morgan fingerprint density at radius 2 is 2.22 bits per heavy atom. The summed E-state index contributed by atoms with van der Waals surface area (Å²) in [7, 11) is 0. The van der Waals surface area contributed by atoms with Gasteiger partial charge in [0.05, 0.1) is 18.3 Å². The maximum atomic E-state index is 11.9. The molecule has 2 aromatic rings. The van der Waals surface area contributed by atoms with Gasteiger partial charge in [0.1, 0.15) is 0 Å². The van der Waals surface area contributed by atoms with Crippen molar-refractivity contribution in [1.29, 1.82) is 0 Å². The predicted octanol–water partition coefficient (Wildman–Crippen LogP) is 1.85. The minimum atomic E-state index is -0.238. The van der Waals surface area contributed by atoms with Crippen LogP contribution in [-0.2, 0) is 17.8 Å². The van der Waals surface area contributed by atoms with Crippen LogP contribution >= 0.6 is 0 Å². The van der Waals surface area contributed by atoms with Crippen LogP contribution in [0.5, 0.6) is 0 Å². The number of carbonyl (C=O) groups excluding carboxylic acids is 2. The van der Waals surface area contributed by atoms with E-state index in [0.29, 0.717) is 13.0 Å². The van der Waals surface area contributed by atoms with Crippen molar-refractivity contribution >= 4 is 17.6 Å². The number of urea groups is 1. The van der Waals surface area contributed by atoms with E-state index in [1.165, 1.54) is 0 Å². The molecule has 4 N–H and O–H groups in total. The van der Waals surface area contributed by atoms with E-state index in [4.69, 9.17) is 0 Å². The number of nitrogens with one attached hydrogen (secondary N) is 4. The third-order valence-corrected chi connectivity index (χ3v) is 3.87. The molecule has 0 bridgehead atoms. The average Bonchev–Trinajstić information content (AvgIpc) is 3.05. The molecular formula is C16H19N5O2. The molecule has 0 unspecified atom stereocenters. The molecule has 0 radical (unpaired) electrons. The van der Waals surface area contributed by atoms with Crippen LogP contribution in [0.25, 0.3) is 0 Å². The van der Waals surface area contributed by atoms with Gasteiger partial charge in [-0.05, 0) is 36.6 Å². The quantitative estimate of drug-likeness (QED) is 0.693. The number of anilines is 1. The molecule has 120 valence electrons. The summed E-state index contributed by atoms with van der Waals surface area (Å²) in [5, 5.41) is 15.1. The number of fused-ring (bicyclic) bond motifs is 1. The number of aromatic nitrogens is 2. The highest BCUT2D eigenvalue weighted by Crippen LogP contribution is 2.26. The maximum Gasteiger partial charge on any atom is 0.315 e. The Bertz CT molecular complexity index is 711. The van der Waals surface area contributed by atoms with Gasteiger partial charge in [-0.3, -0.25) is 9.89 Å². The topological polar surface area (TPSA) is 98.9 Å². The molecule has 3 rings (SSSR count). The molecule has 0 saturated carbocycles. The molecule has 0 saturated heterocycles. The molecule has 1 atom stereocenters. The van der Waals surface area contributed by atoms with Gasteiger partial charge in [0.25, 0.3) is 0 Å². The van der Waals surface area contributed by atoms with Gasteiger partial charge in [0, 0.05) is 18.3 Å². The van der Waals surface area contributed by atoms with E-state index in [1.807, 2.05) is 31.2 Å². The van der Waals surface area contributed by atoms with Crippen LogP contribution in [0.4, 0.5) is 10.5 Å². The number of benzene rings is 1. The lowest BCUT2D eigenvalue weighted by Crippen LogP contribution is -2.36. The van der Waals surface area contributed by atoms with Crippen LogP contribution in [0, 0.1) is 0 Å². The fraction of sp³-hybridized carbons (Fsp3) is 0.312. The monoisotopic (exact) mass is 313 g/mol. The van der Waals surface area contributed by atoms with Crippen molar-refractivity contribution < 1.29 is 9.59 Å². The van der Waals surface area contributed by atoms with Gasteiger partial charge < -0.3 is 16.0 Å². The second-order valence-corrected chi connectivity index (χ2v) is 5.60. The molecule has 0 aliphatic carbocycles. The van der Waals surface area contributed by atoms with E-state index in [2.05, 4.69) is 26.1 Å². The van der Waals surface area contributed by atoms with Gasteiger partial charge in [-0.1, -0.05) is 12.1 Å².